The minimum Gasteiger partial charge on any atom is -0.304 e. The Morgan fingerprint density at radius 3 is 2.69 bits per heavy atom. The lowest BCUT2D eigenvalue weighted by Crippen LogP contribution is -2.04. The molecule has 0 bridgehead atoms. The molecule has 0 heterocycles. The highest BCUT2D eigenvalue weighted by atomic mass is 35.5. The molecule has 72 valence electrons. The molecule has 2 nitrogen and oxygen atoms in total. The van der Waals surface area contributed by atoms with Gasteiger partial charge in [0.15, 0.2) is 0 Å². The Bertz CT molecular complexity index is 306. The van der Waals surface area contributed by atoms with E-state index in [4.69, 9.17) is 17.5 Å². The van der Waals surface area contributed by atoms with Crippen LogP contribution < -0.4 is 5.90 Å². The normalized spacial score (nSPS) is 10.5. The van der Waals surface area contributed by atoms with Crippen molar-refractivity contribution in [3.8, 4) is 0 Å². The van der Waals surface area contributed by atoms with Crippen molar-refractivity contribution >= 4 is 11.6 Å². The molecule has 1 aromatic carbocycles. The predicted octanol–water partition coefficient (Wildman–Crippen LogP) is 2.05. The van der Waals surface area contributed by atoms with Gasteiger partial charge in [0.05, 0.1) is 11.6 Å². The van der Waals surface area contributed by atoms with Gasteiger partial charge < -0.3 is 4.84 Å². The standard InChI is InChI=1S/C8H8ClF2NO/c9-8-5(1-2-13-12)3-6(10)4-7(8)11/h3-4H,1-2,12H2. The average molecular weight is 208 g/mol. The lowest BCUT2D eigenvalue weighted by atomic mass is 10.1. The summed E-state index contributed by atoms with van der Waals surface area (Å²) in [6.07, 6.45) is 0.282. The van der Waals surface area contributed by atoms with Crippen molar-refractivity contribution in [2.45, 2.75) is 6.42 Å². The first kappa shape index (κ1) is 10.4. The van der Waals surface area contributed by atoms with E-state index in [1.165, 1.54) is 0 Å². The fraction of sp³-hybridized carbons (Fsp3) is 0.250. The van der Waals surface area contributed by atoms with Gasteiger partial charge in [-0.15, -0.1) is 0 Å². The topological polar surface area (TPSA) is 35.2 Å². The Kier molecular flexibility index (Phi) is 3.59. The van der Waals surface area contributed by atoms with Crippen LogP contribution in [0.1, 0.15) is 5.56 Å². The first-order valence-corrected chi connectivity index (χ1v) is 3.98. The molecule has 1 aromatic rings. The van der Waals surface area contributed by atoms with Crippen molar-refractivity contribution in [2.24, 2.45) is 5.90 Å². The van der Waals surface area contributed by atoms with Gasteiger partial charge >= 0.3 is 0 Å². The third-order valence-electron chi connectivity index (χ3n) is 1.56. The van der Waals surface area contributed by atoms with Gasteiger partial charge in [-0.2, -0.15) is 0 Å². The van der Waals surface area contributed by atoms with Crippen LogP contribution in [0.25, 0.3) is 0 Å². The number of hydrogen-bond acceptors (Lipinski definition) is 2. The maximum Gasteiger partial charge on any atom is 0.144 e. The third kappa shape index (κ3) is 2.62. The van der Waals surface area contributed by atoms with Crippen molar-refractivity contribution in [3.05, 3.63) is 34.4 Å². The van der Waals surface area contributed by atoms with Crippen molar-refractivity contribution < 1.29 is 13.6 Å². The van der Waals surface area contributed by atoms with Crippen molar-refractivity contribution in [1.29, 1.82) is 0 Å². The molecule has 1 rings (SSSR count). The summed E-state index contributed by atoms with van der Waals surface area (Å²) in [5.74, 6) is 3.34. The zero-order chi connectivity index (χ0) is 9.84. The van der Waals surface area contributed by atoms with Crippen LogP contribution in [0.5, 0.6) is 0 Å². The van der Waals surface area contributed by atoms with E-state index in [-0.39, 0.29) is 18.1 Å². The molecular formula is C8H8ClF2NO. The van der Waals surface area contributed by atoms with Crippen LogP contribution in [0, 0.1) is 11.6 Å². The van der Waals surface area contributed by atoms with Gasteiger partial charge in [0.2, 0.25) is 0 Å². The van der Waals surface area contributed by atoms with Crippen molar-refractivity contribution in [3.63, 3.8) is 0 Å². The highest BCUT2D eigenvalue weighted by Crippen LogP contribution is 2.21. The van der Waals surface area contributed by atoms with Gasteiger partial charge in [-0.1, -0.05) is 11.6 Å². The van der Waals surface area contributed by atoms with Gasteiger partial charge in [-0.3, -0.25) is 0 Å². The van der Waals surface area contributed by atoms with Crippen LogP contribution in [-0.2, 0) is 11.3 Å². The molecule has 13 heavy (non-hydrogen) atoms. The van der Waals surface area contributed by atoms with Gasteiger partial charge in [-0.25, -0.2) is 14.7 Å². The highest BCUT2D eigenvalue weighted by molar-refractivity contribution is 6.31. The van der Waals surface area contributed by atoms with E-state index in [0.29, 0.717) is 5.56 Å². The molecule has 5 heteroatoms. The number of rotatable bonds is 3. The lowest BCUT2D eigenvalue weighted by Gasteiger charge is -2.04. The van der Waals surface area contributed by atoms with Crippen molar-refractivity contribution in [1.82, 2.24) is 0 Å². The maximum atomic E-state index is 12.8. The van der Waals surface area contributed by atoms with Crippen LogP contribution in [0.2, 0.25) is 5.02 Å². The van der Waals surface area contributed by atoms with Crippen LogP contribution in [0.15, 0.2) is 12.1 Å². The van der Waals surface area contributed by atoms with Gasteiger partial charge in [-0.05, 0) is 18.1 Å². The summed E-state index contributed by atoms with van der Waals surface area (Å²) < 4.78 is 25.5. The van der Waals surface area contributed by atoms with E-state index in [1.54, 1.807) is 0 Å². The van der Waals surface area contributed by atoms with E-state index in [0.717, 1.165) is 12.1 Å². The zero-order valence-electron chi connectivity index (χ0n) is 6.69. The second-order valence-electron chi connectivity index (χ2n) is 2.48. The molecule has 2 N–H and O–H groups in total. The van der Waals surface area contributed by atoms with E-state index in [9.17, 15) is 8.78 Å². The summed E-state index contributed by atoms with van der Waals surface area (Å²) in [5.41, 5.74) is 0.351. The van der Waals surface area contributed by atoms with Gasteiger partial charge in [0, 0.05) is 6.07 Å². The highest BCUT2D eigenvalue weighted by Gasteiger charge is 2.08. The summed E-state index contributed by atoms with van der Waals surface area (Å²) in [5, 5.41) is -0.0848. The Morgan fingerprint density at radius 1 is 1.38 bits per heavy atom. The summed E-state index contributed by atoms with van der Waals surface area (Å²) in [6.45, 7) is 0.169. The Labute approximate surface area is 79.2 Å². The molecule has 0 spiro atoms. The molecule has 0 amide bonds. The number of halogens is 3. The quantitative estimate of drug-likeness (QED) is 0.608. The molecule has 0 atom stereocenters. The summed E-state index contributed by atoms with van der Waals surface area (Å²) in [4.78, 5) is 4.28. The van der Waals surface area contributed by atoms with E-state index < -0.39 is 11.6 Å². The molecule has 0 aromatic heterocycles. The zero-order valence-corrected chi connectivity index (χ0v) is 7.44. The first-order chi connectivity index (χ1) is 6.15. The summed E-state index contributed by atoms with van der Waals surface area (Å²) in [7, 11) is 0. The maximum absolute atomic E-state index is 12.8. The third-order valence-corrected chi connectivity index (χ3v) is 1.98. The Hall–Kier alpha value is -0.710. The first-order valence-electron chi connectivity index (χ1n) is 3.60. The molecule has 0 unspecified atom stereocenters. The summed E-state index contributed by atoms with van der Waals surface area (Å²) >= 11 is 5.56. The minimum atomic E-state index is -0.770. The molecular weight excluding hydrogens is 200 g/mol. The average Bonchev–Trinajstić information content (AvgIpc) is 2.09. The molecule has 0 aliphatic heterocycles. The van der Waals surface area contributed by atoms with Gasteiger partial charge in [0.25, 0.3) is 0 Å². The fourth-order valence-corrected chi connectivity index (χ4v) is 1.16. The van der Waals surface area contributed by atoms with E-state index in [1.807, 2.05) is 0 Å². The monoisotopic (exact) mass is 207 g/mol. The SMILES string of the molecule is NOCCc1cc(F)cc(F)c1Cl. The molecule has 0 radical (unpaired) electrons. The fourth-order valence-electron chi connectivity index (χ4n) is 0.960. The largest absolute Gasteiger partial charge is 0.304 e. The number of nitrogens with two attached hydrogens (primary N) is 1. The Morgan fingerprint density at radius 2 is 2.08 bits per heavy atom. The Balaban J connectivity index is 2.92. The number of benzene rings is 1. The van der Waals surface area contributed by atoms with E-state index >= 15 is 0 Å². The van der Waals surface area contributed by atoms with Crippen LogP contribution in [0.4, 0.5) is 8.78 Å². The lowest BCUT2D eigenvalue weighted by molar-refractivity contribution is 0.141. The van der Waals surface area contributed by atoms with Gasteiger partial charge in [0.1, 0.15) is 11.6 Å². The van der Waals surface area contributed by atoms with Crippen LogP contribution in [-0.4, -0.2) is 6.61 Å². The second-order valence-corrected chi connectivity index (χ2v) is 2.86. The van der Waals surface area contributed by atoms with Crippen LogP contribution >= 0.6 is 11.6 Å². The summed E-state index contributed by atoms with van der Waals surface area (Å²) in [6, 6.07) is 1.89. The molecule has 0 aliphatic carbocycles. The van der Waals surface area contributed by atoms with E-state index in [2.05, 4.69) is 4.84 Å². The molecule has 0 fully saturated rings. The molecule has 0 saturated carbocycles. The van der Waals surface area contributed by atoms with Crippen LogP contribution in [0.3, 0.4) is 0 Å². The molecule has 0 aliphatic rings. The number of hydrogen-bond donors (Lipinski definition) is 1. The molecule has 0 saturated heterocycles. The van der Waals surface area contributed by atoms with Crippen molar-refractivity contribution in [2.75, 3.05) is 6.61 Å². The minimum absolute atomic E-state index is 0.0848. The predicted molar refractivity (Wildman–Crippen MR) is 45.2 cm³/mol. The second kappa shape index (κ2) is 4.50. The smallest absolute Gasteiger partial charge is 0.144 e.